The van der Waals surface area contributed by atoms with E-state index < -0.39 is 28.7 Å². The Kier molecular flexibility index (Phi) is 7.55. The van der Waals surface area contributed by atoms with Gasteiger partial charge in [-0.3, -0.25) is 14.4 Å². The zero-order valence-corrected chi connectivity index (χ0v) is 24.3. The Morgan fingerprint density at radius 2 is 1.76 bits per heavy atom. The van der Waals surface area contributed by atoms with Crippen LogP contribution in [0.15, 0.2) is 72.8 Å². The maximum absolute atomic E-state index is 14.9. The number of aryl methyl sites for hydroxylation is 2. The number of carbonyl (C=O) groups excluding carboxylic acids is 3. The summed E-state index contributed by atoms with van der Waals surface area (Å²) >= 11 is 1.53. The molecule has 1 spiro atoms. The average Bonchev–Trinajstić information content (AvgIpc) is 3.35. The maximum atomic E-state index is 14.9. The predicted molar refractivity (Wildman–Crippen MR) is 159 cm³/mol. The molecule has 0 radical (unpaired) electrons. The molecule has 2 fully saturated rings. The van der Waals surface area contributed by atoms with Crippen molar-refractivity contribution >= 4 is 35.2 Å². The smallest absolute Gasteiger partial charge is 0.311 e. The van der Waals surface area contributed by atoms with Gasteiger partial charge in [-0.2, -0.15) is 0 Å². The van der Waals surface area contributed by atoms with E-state index in [2.05, 4.69) is 6.08 Å². The van der Waals surface area contributed by atoms with Crippen LogP contribution in [0.1, 0.15) is 42.0 Å². The van der Waals surface area contributed by atoms with E-state index in [4.69, 9.17) is 4.74 Å². The quantitative estimate of drug-likeness (QED) is 0.428. The number of aliphatic hydroxyl groups is 1. The van der Waals surface area contributed by atoms with Crippen molar-refractivity contribution in [3.63, 3.8) is 0 Å². The van der Waals surface area contributed by atoms with Crippen LogP contribution in [0.2, 0.25) is 0 Å². The summed E-state index contributed by atoms with van der Waals surface area (Å²) in [6, 6.07) is 13.6. The van der Waals surface area contributed by atoms with Crippen LogP contribution in [-0.2, 0) is 19.1 Å². The monoisotopic (exact) mass is 572 g/mol. The number of amides is 2. The number of aliphatic hydroxyl groups excluding tert-OH is 1. The molecule has 2 aromatic carbocycles. The van der Waals surface area contributed by atoms with E-state index in [1.165, 1.54) is 11.8 Å². The number of esters is 1. The summed E-state index contributed by atoms with van der Waals surface area (Å²) < 4.78 is 4.73. The minimum Gasteiger partial charge on any atom is -0.465 e. The lowest BCUT2D eigenvalue weighted by Gasteiger charge is -2.39. The van der Waals surface area contributed by atoms with Crippen LogP contribution in [0.25, 0.3) is 0 Å². The second kappa shape index (κ2) is 11.1. The van der Waals surface area contributed by atoms with Gasteiger partial charge in [0.2, 0.25) is 5.91 Å². The van der Waals surface area contributed by atoms with E-state index in [0.717, 1.165) is 41.6 Å². The van der Waals surface area contributed by atoms with Crippen LogP contribution in [0, 0.1) is 25.7 Å². The van der Waals surface area contributed by atoms with Crippen molar-refractivity contribution in [2.24, 2.45) is 11.8 Å². The van der Waals surface area contributed by atoms with Gasteiger partial charge in [-0.25, -0.2) is 0 Å². The summed E-state index contributed by atoms with van der Waals surface area (Å²) in [6.07, 6.45) is 10.7. The topological polar surface area (TPSA) is 87.2 Å². The standard InChI is InChI=1S/C33H36N2O5S/c1-21-12-10-13-22(2)28(21)34-18-11-17-33-27(26-25(41-33)16-8-3-4-9-19-40-32(26)39)30(37)35(29(33)31(34)38)24(20-36)23-14-6-5-7-15-23/h5-8,10-17,24-27,29,36H,3-4,9,18-20H2,1-2H3/b16-8-/t24-,25+,26-,27+,29?,33+/m1/s1. The van der Waals surface area contributed by atoms with E-state index in [0.29, 0.717) is 13.2 Å². The summed E-state index contributed by atoms with van der Waals surface area (Å²) in [6.45, 7) is 4.29. The van der Waals surface area contributed by atoms with Crippen molar-refractivity contribution in [3.05, 3.63) is 89.5 Å². The highest BCUT2D eigenvalue weighted by Crippen LogP contribution is 2.62. The second-order valence-corrected chi connectivity index (χ2v) is 12.9. The molecule has 0 saturated carbocycles. The maximum Gasteiger partial charge on any atom is 0.311 e. The molecule has 6 atom stereocenters. The number of hydrogen-bond donors (Lipinski definition) is 1. The van der Waals surface area contributed by atoms with E-state index >= 15 is 0 Å². The molecule has 6 rings (SSSR count). The highest BCUT2D eigenvalue weighted by molar-refractivity contribution is 8.02. The summed E-state index contributed by atoms with van der Waals surface area (Å²) in [7, 11) is 0. The minimum absolute atomic E-state index is 0.203. The van der Waals surface area contributed by atoms with Gasteiger partial charge in [0.05, 0.1) is 35.8 Å². The molecule has 2 saturated heterocycles. The third-order valence-corrected chi connectivity index (χ3v) is 10.7. The summed E-state index contributed by atoms with van der Waals surface area (Å²) in [4.78, 5) is 46.5. The van der Waals surface area contributed by atoms with Gasteiger partial charge in [0.1, 0.15) is 6.04 Å². The fourth-order valence-electron chi connectivity index (χ4n) is 7.15. The number of cyclic esters (lactones) is 1. The van der Waals surface area contributed by atoms with E-state index in [1.54, 1.807) is 9.80 Å². The van der Waals surface area contributed by atoms with Gasteiger partial charge in [0.25, 0.3) is 5.91 Å². The second-order valence-electron chi connectivity index (χ2n) is 11.4. The van der Waals surface area contributed by atoms with Crippen LogP contribution < -0.4 is 4.90 Å². The fraction of sp³-hybridized carbons (Fsp3) is 0.424. The predicted octanol–water partition coefficient (Wildman–Crippen LogP) is 4.52. The molecule has 0 aromatic heterocycles. The first kappa shape index (κ1) is 27.8. The van der Waals surface area contributed by atoms with Crippen molar-refractivity contribution in [3.8, 4) is 0 Å². The molecule has 7 nitrogen and oxygen atoms in total. The van der Waals surface area contributed by atoms with Crippen LogP contribution in [0.3, 0.4) is 0 Å². The molecular formula is C33H36N2O5S. The Hall–Kier alpha value is -3.36. The van der Waals surface area contributed by atoms with Gasteiger partial charge in [0.15, 0.2) is 0 Å². The van der Waals surface area contributed by atoms with E-state index in [9.17, 15) is 19.5 Å². The molecule has 0 bridgehead atoms. The molecule has 4 aliphatic rings. The SMILES string of the molecule is Cc1cccc(C)c1N1CC=C[C@]23S[C@H]4/C=C\CCCCOC(=O)[C@H]4[C@H]2C(=O)N([C@H](CO)c2ccccc2)C3C1=O. The van der Waals surface area contributed by atoms with Crippen molar-refractivity contribution < 1.29 is 24.2 Å². The van der Waals surface area contributed by atoms with Crippen molar-refractivity contribution in [1.29, 1.82) is 0 Å². The molecule has 2 aromatic rings. The third kappa shape index (κ3) is 4.52. The fourth-order valence-corrected chi connectivity index (χ4v) is 9.14. The first-order valence-electron chi connectivity index (χ1n) is 14.4. The zero-order valence-electron chi connectivity index (χ0n) is 23.4. The number of carbonyl (C=O) groups is 3. The van der Waals surface area contributed by atoms with E-state index in [-0.39, 0.29) is 29.6 Å². The minimum atomic E-state index is -0.992. The lowest BCUT2D eigenvalue weighted by atomic mass is 9.78. The van der Waals surface area contributed by atoms with E-state index in [1.807, 2.05) is 80.6 Å². The Morgan fingerprint density at radius 1 is 1.00 bits per heavy atom. The number of nitrogens with zero attached hydrogens (tertiary/aromatic N) is 2. The molecular weight excluding hydrogens is 536 g/mol. The Balaban J connectivity index is 1.53. The van der Waals surface area contributed by atoms with Gasteiger partial charge < -0.3 is 19.6 Å². The highest BCUT2D eigenvalue weighted by Gasteiger charge is 2.72. The summed E-state index contributed by atoms with van der Waals surface area (Å²) in [5.41, 5.74) is 3.51. The van der Waals surface area contributed by atoms with Crippen molar-refractivity contribution in [1.82, 2.24) is 4.90 Å². The lowest BCUT2D eigenvalue weighted by molar-refractivity contribution is -0.153. The largest absolute Gasteiger partial charge is 0.465 e. The van der Waals surface area contributed by atoms with Gasteiger partial charge in [0, 0.05) is 17.5 Å². The molecule has 2 amide bonds. The van der Waals surface area contributed by atoms with Crippen LogP contribution in [-0.4, -0.2) is 63.6 Å². The zero-order chi connectivity index (χ0) is 28.7. The van der Waals surface area contributed by atoms with Gasteiger partial charge >= 0.3 is 5.97 Å². The lowest BCUT2D eigenvalue weighted by Crippen LogP contribution is -2.54. The molecule has 1 N–H and O–H groups in total. The number of rotatable bonds is 4. The number of likely N-dealkylation sites (tertiary alicyclic amines) is 1. The first-order chi connectivity index (χ1) is 19.9. The molecule has 1 unspecified atom stereocenters. The normalized spacial score (nSPS) is 31.1. The van der Waals surface area contributed by atoms with Crippen LogP contribution in [0.5, 0.6) is 0 Å². The van der Waals surface area contributed by atoms with Gasteiger partial charge in [-0.1, -0.05) is 72.8 Å². The number of fused-ring (bicyclic) bond motifs is 2. The molecule has 4 heterocycles. The van der Waals surface area contributed by atoms with Crippen molar-refractivity contribution in [2.75, 3.05) is 24.7 Å². The number of thioether (sulfide) groups is 1. The van der Waals surface area contributed by atoms with Crippen molar-refractivity contribution in [2.45, 2.75) is 55.2 Å². The molecule has 4 aliphatic heterocycles. The number of anilines is 1. The first-order valence-corrected chi connectivity index (χ1v) is 15.3. The average molecular weight is 573 g/mol. The number of hydrogen-bond acceptors (Lipinski definition) is 6. The third-order valence-electron chi connectivity index (χ3n) is 8.94. The van der Waals surface area contributed by atoms with Gasteiger partial charge in [-0.05, 0) is 49.8 Å². The Morgan fingerprint density at radius 3 is 2.49 bits per heavy atom. The molecule has 214 valence electrons. The molecule has 41 heavy (non-hydrogen) atoms. The summed E-state index contributed by atoms with van der Waals surface area (Å²) in [5.74, 6) is -2.40. The number of para-hydroxylation sites is 1. The number of benzene rings is 2. The van der Waals surface area contributed by atoms with Gasteiger partial charge in [-0.15, -0.1) is 11.8 Å². The van der Waals surface area contributed by atoms with Crippen LogP contribution in [0.4, 0.5) is 5.69 Å². The molecule has 8 heteroatoms. The number of allylic oxidation sites excluding steroid dienone is 1. The van der Waals surface area contributed by atoms with Crippen LogP contribution >= 0.6 is 11.8 Å². The highest BCUT2D eigenvalue weighted by atomic mass is 32.2. The number of ether oxygens (including phenoxy) is 1. The summed E-state index contributed by atoms with van der Waals surface area (Å²) in [5, 5.41) is 10.4. The molecule has 0 aliphatic carbocycles. The Labute approximate surface area is 245 Å². The Bertz CT molecular complexity index is 1390.